The third-order valence-electron chi connectivity index (χ3n) is 5.30. The van der Waals surface area contributed by atoms with Gasteiger partial charge in [0.15, 0.2) is 9.84 Å². The van der Waals surface area contributed by atoms with E-state index in [-0.39, 0.29) is 17.2 Å². The lowest BCUT2D eigenvalue weighted by Gasteiger charge is -2.11. The summed E-state index contributed by atoms with van der Waals surface area (Å²) in [5.74, 6) is -0.350. The molecular weight excluding hydrogens is 453 g/mol. The predicted octanol–water partition coefficient (Wildman–Crippen LogP) is 4.43. The van der Waals surface area contributed by atoms with E-state index in [0.717, 1.165) is 40.8 Å². The van der Waals surface area contributed by atoms with Crippen LogP contribution in [0, 0.1) is 0 Å². The van der Waals surface area contributed by atoms with Gasteiger partial charge >= 0.3 is 6.18 Å². The third kappa shape index (κ3) is 5.14. The van der Waals surface area contributed by atoms with Gasteiger partial charge in [0.2, 0.25) is 5.91 Å². The third-order valence-corrected chi connectivity index (χ3v) is 6.42. The van der Waals surface area contributed by atoms with Crippen LogP contribution in [0.2, 0.25) is 0 Å². The second kappa shape index (κ2) is 8.47. The summed E-state index contributed by atoms with van der Waals surface area (Å²) in [5, 5.41) is 2.82. The van der Waals surface area contributed by atoms with Crippen LogP contribution in [0.25, 0.3) is 16.8 Å². The highest BCUT2D eigenvalue weighted by molar-refractivity contribution is 7.90. The van der Waals surface area contributed by atoms with Crippen LogP contribution in [0.15, 0.2) is 71.8 Å². The van der Waals surface area contributed by atoms with E-state index < -0.39 is 21.6 Å². The summed E-state index contributed by atoms with van der Waals surface area (Å²) in [5.41, 5.74) is 3.37. The zero-order chi connectivity index (χ0) is 23.8. The summed E-state index contributed by atoms with van der Waals surface area (Å²) >= 11 is 0. The number of allylic oxidation sites excluding steroid dienone is 1. The number of carbonyl (C=O) groups is 1. The van der Waals surface area contributed by atoms with Gasteiger partial charge in [0.05, 0.1) is 22.6 Å². The number of rotatable bonds is 5. The van der Waals surface area contributed by atoms with Crippen molar-refractivity contribution >= 4 is 21.4 Å². The lowest BCUT2D eigenvalue weighted by molar-refractivity contribution is -0.137. The summed E-state index contributed by atoms with van der Waals surface area (Å²) in [6, 6.07) is 12.8. The number of fused-ring (bicyclic) bond motifs is 1. The number of amides is 1. The van der Waals surface area contributed by atoms with Crippen LogP contribution in [-0.4, -0.2) is 25.6 Å². The molecule has 1 N–H and O–H groups in total. The SMILES string of the molecule is CS(=O)(=O)c1ccc(-c2cnc3c(c2)C(NC(=O)Cc2ccc(C(F)(F)F)cc2)=CC3)cc1. The molecule has 33 heavy (non-hydrogen) atoms. The van der Waals surface area contributed by atoms with E-state index in [1.54, 1.807) is 18.3 Å². The van der Waals surface area contributed by atoms with Crippen molar-refractivity contribution in [2.75, 3.05) is 6.26 Å². The van der Waals surface area contributed by atoms with Crippen molar-refractivity contribution < 1.29 is 26.4 Å². The standard InChI is InChI=1S/C24H19F3N2O3S/c1-33(31,32)19-8-4-16(5-9-19)17-13-20-21(28-14-17)10-11-22(20)29-23(30)12-15-2-6-18(7-3-15)24(25,26)27/h2-9,11,13-14H,10,12H2,1H3,(H,29,30). The zero-order valence-electron chi connectivity index (χ0n) is 17.5. The molecule has 0 saturated carbocycles. The molecule has 0 bridgehead atoms. The van der Waals surface area contributed by atoms with Gasteiger partial charge in [-0.25, -0.2) is 8.42 Å². The van der Waals surface area contributed by atoms with Crippen LogP contribution >= 0.6 is 0 Å². The highest BCUT2D eigenvalue weighted by atomic mass is 32.2. The van der Waals surface area contributed by atoms with Gasteiger partial charge in [0.25, 0.3) is 0 Å². The van der Waals surface area contributed by atoms with Gasteiger partial charge in [0, 0.05) is 35.7 Å². The number of aromatic nitrogens is 1. The molecule has 0 saturated heterocycles. The molecule has 5 nitrogen and oxygen atoms in total. The monoisotopic (exact) mass is 472 g/mol. The van der Waals surface area contributed by atoms with E-state index in [9.17, 15) is 26.4 Å². The fourth-order valence-corrected chi connectivity index (χ4v) is 4.19. The maximum absolute atomic E-state index is 12.7. The van der Waals surface area contributed by atoms with Gasteiger partial charge < -0.3 is 5.32 Å². The highest BCUT2D eigenvalue weighted by Gasteiger charge is 2.30. The smallest absolute Gasteiger partial charge is 0.325 e. The Bertz CT molecular complexity index is 1350. The average Bonchev–Trinajstić information content (AvgIpc) is 3.15. The first-order chi connectivity index (χ1) is 15.5. The Balaban J connectivity index is 1.48. The van der Waals surface area contributed by atoms with Crippen LogP contribution < -0.4 is 5.32 Å². The fraction of sp³-hybridized carbons (Fsp3) is 0.167. The van der Waals surface area contributed by atoms with Crippen molar-refractivity contribution in [2.24, 2.45) is 0 Å². The summed E-state index contributed by atoms with van der Waals surface area (Å²) in [6.07, 6.45) is 0.718. The van der Waals surface area contributed by atoms with Gasteiger partial charge in [0.1, 0.15) is 0 Å². The zero-order valence-corrected chi connectivity index (χ0v) is 18.3. The van der Waals surface area contributed by atoms with Gasteiger partial charge in [-0.05, 0) is 41.5 Å². The lowest BCUT2D eigenvalue weighted by Crippen LogP contribution is -2.23. The molecule has 0 fully saturated rings. The number of nitrogens with one attached hydrogen (secondary N) is 1. The Kier molecular flexibility index (Phi) is 5.84. The largest absolute Gasteiger partial charge is 0.416 e. The lowest BCUT2D eigenvalue weighted by atomic mass is 10.0. The van der Waals surface area contributed by atoms with Crippen LogP contribution in [-0.2, 0) is 33.6 Å². The molecule has 3 aromatic rings. The van der Waals surface area contributed by atoms with Crippen LogP contribution in [0.4, 0.5) is 13.2 Å². The molecule has 1 aliphatic rings. The van der Waals surface area contributed by atoms with Crippen LogP contribution in [0.1, 0.15) is 22.4 Å². The Hall–Kier alpha value is -3.46. The number of pyridine rings is 1. The number of hydrogen-bond acceptors (Lipinski definition) is 4. The van der Waals surface area contributed by atoms with Crippen molar-refractivity contribution in [1.29, 1.82) is 0 Å². The van der Waals surface area contributed by atoms with Crippen molar-refractivity contribution in [2.45, 2.75) is 23.9 Å². The number of nitrogens with zero attached hydrogens (tertiary/aromatic N) is 1. The first-order valence-corrected chi connectivity index (χ1v) is 11.9. The maximum Gasteiger partial charge on any atom is 0.416 e. The Morgan fingerprint density at radius 1 is 1.03 bits per heavy atom. The predicted molar refractivity (Wildman–Crippen MR) is 118 cm³/mol. The van der Waals surface area contributed by atoms with Crippen LogP contribution in [0.5, 0.6) is 0 Å². The Morgan fingerprint density at radius 2 is 1.70 bits per heavy atom. The summed E-state index contributed by atoms with van der Waals surface area (Å²) in [4.78, 5) is 17.2. The second-order valence-corrected chi connectivity index (χ2v) is 9.77. The quantitative estimate of drug-likeness (QED) is 0.596. The molecule has 1 heterocycles. The molecule has 1 amide bonds. The van der Waals surface area contributed by atoms with E-state index in [0.29, 0.717) is 17.7 Å². The number of sulfone groups is 1. The highest BCUT2D eigenvalue weighted by Crippen LogP contribution is 2.30. The Morgan fingerprint density at radius 3 is 2.30 bits per heavy atom. The molecule has 1 aromatic heterocycles. The average molecular weight is 472 g/mol. The number of benzene rings is 2. The first-order valence-electron chi connectivity index (χ1n) is 9.96. The van der Waals surface area contributed by atoms with Gasteiger partial charge in [-0.2, -0.15) is 13.2 Å². The number of hydrogen-bond donors (Lipinski definition) is 1. The molecule has 2 aromatic carbocycles. The molecule has 170 valence electrons. The number of carbonyl (C=O) groups excluding carboxylic acids is 1. The van der Waals surface area contributed by atoms with Crippen molar-refractivity contribution in [3.63, 3.8) is 0 Å². The molecule has 0 atom stereocenters. The Labute approximate surface area is 188 Å². The first kappa shape index (κ1) is 22.7. The van der Waals surface area contributed by atoms with Crippen LogP contribution in [0.3, 0.4) is 0 Å². The van der Waals surface area contributed by atoms with Gasteiger partial charge in [-0.3, -0.25) is 9.78 Å². The molecule has 9 heteroatoms. The van der Waals surface area contributed by atoms with E-state index in [4.69, 9.17) is 0 Å². The fourth-order valence-electron chi connectivity index (χ4n) is 3.56. The minimum Gasteiger partial charge on any atom is -0.325 e. The molecular formula is C24H19F3N2O3S. The maximum atomic E-state index is 12.7. The summed E-state index contributed by atoms with van der Waals surface area (Å²) < 4.78 is 61.4. The number of halogens is 3. The normalized spacial score (nSPS) is 13.4. The topological polar surface area (TPSA) is 76.1 Å². The summed E-state index contributed by atoms with van der Waals surface area (Å²) in [7, 11) is -3.30. The van der Waals surface area contributed by atoms with Crippen molar-refractivity contribution in [3.8, 4) is 11.1 Å². The van der Waals surface area contributed by atoms with E-state index in [2.05, 4.69) is 10.3 Å². The summed E-state index contributed by atoms with van der Waals surface area (Å²) in [6.45, 7) is 0. The van der Waals surface area contributed by atoms with Crippen molar-refractivity contribution in [1.82, 2.24) is 10.3 Å². The van der Waals surface area contributed by atoms with Gasteiger partial charge in [-0.1, -0.05) is 30.3 Å². The molecule has 0 aliphatic heterocycles. The molecule has 0 radical (unpaired) electrons. The van der Waals surface area contributed by atoms with Crippen molar-refractivity contribution in [3.05, 3.63) is 89.3 Å². The number of alkyl halides is 3. The van der Waals surface area contributed by atoms with E-state index in [1.807, 2.05) is 12.1 Å². The second-order valence-electron chi connectivity index (χ2n) is 7.76. The molecule has 0 spiro atoms. The molecule has 4 rings (SSSR count). The molecule has 1 aliphatic carbocycles. The molecule has 0 unspecified atom stereocenters. The van der Waals surface area contributed by atoms with E-state index in [1.165, 1.54) is 24.3 Å². The minimum atomic E-state index is -4.42. The van der Waals surface area contributed by atoms with Gasteiger partial charge in [-0.15, -0.1) is 0 Å². The minimum absolute atomic E-state index is 0.0646. The van der Waals surface area contributed by atoms with E-state index >= 15 is 0 Å².